The largest absolute Gasteiger partial charge is 0.379 e. The fourth-order valence-corrected chi connectivity index (χ4v) is 4.91. The fourth-order valence-electron chi connectivity index (χ4n) is 3.48. The highest BCUT2D eigenvalue weighted by Crippen LogP contribution is 2.29. The van der Waals surface area contributed by atoms with Crippen molar-refractivity contribution in [3.8, 4) is 0 Å². The molecule has 1 saturated heterocycles. The van der Waals surface area contributed by atoms with Crippen LogP contribution in [0.4, 0.5) is 11.4 Å². The van der Waals surface area contributed by atoms with Crippen molar-refractivity contribution in [3.63, 3.8) is 0 Å². The molecule has 0 saturated carbocycles. The Labute approximate surface area is 178 Å². The van der Waals surface area contributed by atoms with Gasteiger partial charge in [0.1, 0.15) is 5.69 Å². The predicted molar refractivity (Wildman–Crippen MR) is 117 cm³/mol. The minimum Gasteiger partial charge on any atom is -0.379 e. The normalized spacial score (nSPS) is 15.5. The van der Waals surface area contributed by atoms with Gasteiger partial charge in [-0.05, 0) is 25.1 Å². The monoisotopic (exact) mass is 443 g/mol. The minimum absolute atomic E-state index is 0.0969. The maximum Gasteiger partial charge on any atom is 0.295 e. The summed E-state index contributed by atoms with van der Waals surface area (Å²) in [4.78, 5) is 14.1. The molecule has 0 aliphatic carbocycles. The third-order valence-electron chi connectivity index (χ3n) is 5.10. The number of aromatic amines is 1. The maximum absolute atomic E-state index is 12.8. The van der Waals surface area contributed by atoms with Crippen LogP contribution in [0.2, 0.25) is 0 Å². The van der Waals surface area contributed by atoms with Crippen molar-refractivity contribution in [1.82, 2.24) is 9.29 Å². The summed E-state index contributed by atoms with van der Waals surface area (Å²) in [6, 6.07) is 11.5. The molecule has 1 aromatic heterocycles. The van der Waals surface area contributed by atoms with E-state index in [0.717, 1.165) is 28.2 Å². The minimum atomic E-state index is -3.84. The number of morpholine rings is 1. The summed E-state index contributed by atoms with van der Waals surface area (Å²) in [5, 5.41) is 16.7. The predicted octanol–water partition coefficient (Wildman–Crippen LogP) is 2.85. The molecule has 1 aliphatic heterocycles. The Balaban J connectivity index is 1.61. The molecule has 10 nitrogen and oxygen atoms in total. The van der Waals surface area contributed by atoms with Crippen molar-refractivity contribution in [2.45, 2.75) is 11.8 Å². The van der Waals surface area contributed by atoms with Gasteiger partial charge in [0.15, 0.2) is 0 Å². The molecule has 1 aliphatic rings. The molecule has 0 atom stereocenters. The molecule has 3 aromatic rings. The molecule has 2 heterocycles. The van der Waals surface area contributed by atoms with Crippen molar-refractivity contribution in [2.75, 3.05) is 31.7 Å². The molecule has 1 fully saturated rings. The standard InChI is InChI=1S/C20H21N5O5S/c1-14-17(16-4-2-3-5-18(16)22-14)13-21-23-19-7-6-15(12-20(19)25(26)27)31(28,29)24-8-10-30-11-9-24/h2-7,12-13,22-23H,8-11H2,1H3/b21-13+. The van der Waals surface area contributed by atoms with Crippen LogP contribution in [-0.4, -0.2) is 55.1 Å². The number of aromatic nitrogens is 1. The number of sulfonamides is 1. The number of ether oxygens (including phenoxy) is 1. The van der Waals surface area contributed by atoms with E-state index in [9.17, 15) is 18.5 Å². The number of hydrogen-bond acceptors (Lipinski definition) is 7. The molecule has 0 radical (unpaired) electrons. The second kappa shape index (κ2) is 8.46. The lowest BCUT2D eigenvalue weighted by atomic mass is 10.1. The zero-order valence-corrected chi connectivity index (χ0v) is 17.6. The zero-order valence-electron chi connectivity index (χ0n) is 16.7. The van der Waals surface area contributed by atoms with E-state index in [2.05, 4.69) is 15.5 Å². The Bertz CT molecular complexity index is 1260. The Morgan fingerprint density at radius 1 is 1.23 bits per heavy atom. The molecular formula is C20H21N5O5S. The molecular weight excluding hydrogens is 422 g/mol. The van der Waals surface area contributed by atoms with E-state index in [-0.39, 0.29) is 29.4 Å². The van der Waals surface area contributed by atoms with Gasteiger partial charge in [-0.3, -0.25) is 15.5 Å². The smallest absolute Gasteiger partial charge is 0.295 e. The number of nitrogens with one attached hydrogen (secondary N) is 2. The first-order valence-electron chi connectivity index (χ1n) is 9.60. The Morgan fingerprint density at radius 2 is 1.97 bits per heavy atom. The number of nitro benzene ring substituents is 1. The first-order chi connectivity index (χ1) is 14.9. The average molecular weight is 443 g/mol. The summed E-state index contributed by atoms with van der Waals surface area (Å²) in [6.45, 7) is 2.93. The maximum atomic E-state index is 12.8. The lowest BCUT2D eigenvalue weighted by Crippen LogP contribution is -2.40. The third kappa shape index (κ3) is 4.15. The summed E-state index contributed by atoms with van der Waals surface area (Å²) < 4.78 is 32.0. The van der Waals surface area contributed by atoms with Crippen molar-refractivity contribution in [1.29, 1.82) is 0 Å². The highest BCUT2D eigenvalue weighted by Gasteiger charge is 2.28. The highest BCUT2D eigenvalue weighted by atomic mass is 32.2. The Kier molecular flexibility index (Phi) is 5.72. The van der Waals surface area contributed by atoms with E-state index in [4.69, 9.17) is 4.74 Å². The Morgan fingerprint density at radius 3 is 2.71 bits per heavy atom. The number of H-pyrrole nitrogens is 1. The number of anilines is 1. The molecule has 31 heavy (non-hydrogen) atoms. The number of para-hydroxylation sites is 1. The van der Waals surface area contributed by atoms with Gasteiger partial charge < -0.3 is 9.72 Å². The molecule has 4 rings (SSSR count). The number of rotatable bonds is 6. The lowest BCUT2D eigenvalue weighted by molar-refractivity contribution is -0.384. The summed E-state index contributed by atoms with van der Waals surface area (Å²) in [5.41, 5.74) is 5.12. The van der Waals surface area contributed by atoms with E-state index in [1.807, 2.05) is 31.2 Å². The highest BCUT2D eigenvalue weighted by molar-refractivity contribution is 7.89. The number of benzene rings is 2. The topological polar surface area (TPSA) is 130 Å². The van der Waals surface area contributed by atoms with Gasteiger partial charge >= 0.3 is 0 Å². The van der Waals surface area contributed by atoms with Crippen LogP contribution in [-0.2, 0) is 14.8 Å². The number of hydrazone groups is 1. The van der Waals surface area contributed by atoms with Gasteiger partial charge in [-0.15, -0.1) is 0 Å². The first kappa shape index (κ1) is 21.0. The van der Waals surface area contributed by atoms with Crippen LogP contribution < -0.4 is 5.43 Å². The van der Waals surface area contributed by atoms with Crippen molar-refractivity contribution in [3.05, 3.63) is 63.8 Å². The van der Waals surface area contributed by atoms with Gasteiger partial charge in [0.2, 0.25) is 10.0 Å². The SMILES string of the molecule is Cc1[nH]c2ccccc2c1/C=N/Nc1ccc(S(=O)(=O)N2CCOCC2)cc1[N+](=O)[O-]. The van der Waals surface area contributed by atoms with Crippen LogP contribution in [0.5, 0.6) is 0 Å². The fraction of sp³-hybridized carbons (Fsp3) is 0.250. The summed E-state index contributed by atoms with van der Waals surface area (Å²) in [6.07, 6.45) is 1.58. The summed E-state index contributed by atoms with van der Waals surface area (Å²) in [7, 11) is -3.84. The van der Waals surface area contributed by atoms with Crippen LogP contribution in [0.15, 0.2) is 52.5 Å². The van der Waals surface area contributed by atoms with E-state index in [1.165, 1.54) is 16.4 Å². The average Bonchev–Trinajstić information content (AvgIpc) is 3.09. The van der Waals surface area contributed by atoms with E-state index in [0.29, 0.717) is 13.2 Å². The van der Waals surface area contributed by atoms with Gasteiger partial charge in [-0.1, -0.05) is 18.2 Å². The van der Waals surface area contributed by atoms with Crippen LogP contribution in [0, 0.1) is 17.0 Å². The molecule has 0 bridgehead atoms. The van der Waals surface area contributed by atoms with E-state index >= 15 is 0 Å². The van der Waals surface area contributed by atoms with Gasteiger partial charge in [-0.25, -0.2) is 8.42 Å². The van der Waals surface area contributed by atoms with Crippen LogP contribution in [0.25, 0.3) is 10.9 Å². The van der Waals surface area contributed by atoms with Gasteiger partial charge in [0, 0.05) is 41.3 Å². The van der Waals surface area contributed by atoms with Crippen LogP contribution in [0.1, 0.15) is 11.3 Å². The van der Waals surface area contributed by atoms with Crippen LogP contribution in [0.3, 0.4) is 0 Å². The lowest BCUT2D eigenvalue weighted by Gasteiger charge is -2.26. The molecule has 0 amide bonds. The van der Waals surface area contributed by atoms with Crippen molar-refractivity contribution in [2.24, 2.45) is 5.10 Å². The first-order valence-corrected chi connectivity index (χ1v) is 11.0. The molecule has 0 unspecified atom stereocenters. The van der Waals surface area contributed by atoms with Crippen LogP contribution >= 0.6 is 0 Å². The number of hydrogen-bond donors (Lipinski definition) is 2. The second-order valence-corrected chi connectivity index (χ2v) is 8.97. The van der Waals surface area contributed by atoms with Gasteiger partial charge in [-0.2, -0.15) is 9.41 Å². The number of nitrogens with zero attached hydrogens (tertiary/aromatic N) is 3. The third-order valence-corrected chi connectivity index (χ3v) is 6.99. The zero-order chi connectivity index (χ0) is 22.0. The molecule has 11 heteroatoms. The van der Waals surface area contributed by atoms with Gasteiger partial charge in [0.25, 0.3) is 5.69 Å². The Hall–Kier alpha value is -3.28. The molecule has 162 valence electrons. The molecule has 0 spiro atoms. The second-order valence-electron chi connectivity index (χ2n) is 7.03. The quantitative estimate of drug-likeness (QED) is 0.342. The number of aryl methyl sites for hydroxylation is 1. The summed E-state index contributed by atoms with van der Waals surface area (Å²) >= 11 is 0. The molecule has 2 aromatic carbocycles. The van der Waals surface area contributed by atoms with Crippen molar-refractivity contribution >= 4 is 38.5 Å². The van der Waals surface area contributed by atoms with Gasteiger partial charge in [0.05, 0.1) is 29.2 Å². The summed E-state index contributed by atoms with van der Waals surface area (Å²) in [5.74, 6) is 0. The number of fused-ring (bicyclic) bond motifs is 1. The van der Waals surface area contributed by atoms with E-state index < -0.39 is 14.9 Å². The molecule has 2 N–H and O–H groups in total. The number of nitro groups is 1. The van der Waals surface area contributed by atoms with Crippen molar-refractivity contribution < 1.29 is 18.1 Å². The van der Waals surface area contributed by atoms with E-state index in [1.54, 1.807) is 6.21 Å².